The van der Waals surface area contributed by atoms with E-state index >= 15 is 0 Å². The van der Waals surface area contributed by atoms with Gasteiger partial charge in [-0.05, 0) is 60.4 Å². The van der Waals surface area contributed by atoms with Gasteiger partial charge in [-0.25, -0.2) is 14.1 Å². The summed E-state index contributed by atoms with van der Waals surface area (Å²) in [6, 6.07) is 23.0. The summed E-state index contributed by atoms with van der Waals surface area (Å²) in [7, 11) is 0. The molecule has 5 aromatic rings. The van der Waals surface area contributed by atoms with E-state index in [0.29, 0.717) is 5.13 Å². The van der Waals surface area contributed by atoms with Crippen molar-refractivity contribution in [3.05, 3.63) is 108 Å². The number of nitrogens with one attached hydrogen (secondary N) is 1. The van der Waals surface area contributed by atoms with Gasteiger partial charge >= 0.3 is 0 Å². The lowest BCUT2D eigenvalue weighted by molar-refractivity contribution is -0.128. The van der Waals surface area contributed by atoms with E-state index in [1.165, 1.54) is 23.5 Å². The number of thiazole rings is 1. The van der Waals surface area contributed by atoms with Crippen molar-refractivity contribution in [1.29, 1.82) is 0 Å². The fourth-order valence-corrected chi connectivity index (χ4v) is 6.36. The van der Waals surface area contributed by atoms with Crippen LogP contribution in [0.5, 0.6) is 0 Å². The zero-order valence-corrected chi connectivity index (χ0v) is 21.1. The second-order valence-corrected chi connectivity index (χ2v) is 10.6. The first-order chi connectivity index (χ1) is 18.1. The first-order valence-electron chi connectivity index (χ1n) is 12.6. The van der Waals surface area contributed by atoms with Crippen molar-refractivity contribution in [2.75, 3.05) is 5.32 Å². The Hall–Kier alpha value is -3.84. The number of nitrogens with zero attached hydrogens (tertiary/aromatic N) is 3. The predicted molar refractivity (Wildman–Crippen MR) is 146 cm³/mol. The van der Waals surface area contributed by atoms with Gasteiger partial charge in [0.25, 0.3) is 0 Å². The van der Waals surface area contributed by atoms with Gasteiger partial charge in [-0.3, -0.25) is 4.79 Å². The van der Waals surface area contributed by atoms with Crippen molar-refractivity contribution in [1.82, 2.24) is 14.8 Å². The molecule has 7 heteroatoms. The number of anilines is 1. The van der Waals surface area contributed by atoms with Crippen LogP contribution in [-0.2, 0) is 4.79 Å². The topological polar surface area (TPSA) is 59.8 Å². The molecule has 1 fully saturated rings. The van der Waals surface area contributed by atoms with Gasteiger partial charge in [0.15, 0.2) is 5.13 Å². The second-order valence-electron chi connectivity index (χ2n) is 9.70. The Morgan fingerprint density at radius 3 is 2.49 bits per heavy atom. The molecule has 1 N–H and O–H groups in total. The highest BCUT2D eigenvalue weighted by atomic mass is 32.1. The third-order valence-electron chi connectivity index (χ3n) is 7.53. The normalized spacial score (nSPS) is 15.9. The average Bonchev–Trinajstić information content (AvgIpc) is 3.60. The molecule has 1 aliphatic carbocycles. The standard InChI is InChI=1S/C30H27FN4OS/c31-24-10-12-25(13-11-24)35-26-14-9-22(19-23(26)20-33-35)27(21-7-3-1-4-8-21)30(15-5-2-6-16-30)28(36)34-29-32-17-18-37-29/h1,3-4,7-14,17-20,27H,2,5-6,15-16H2,(H,32,34,36). The minimum atomic E-state index is -0.591. The van der Waals surface area contributed by atoms with Crippen molar-refractivity contribution in [2.45, 2.75) is 38.0 Å². The number of carbonyl (C=O) groups is 1. The van der Waals surface area contributed by atoms with E-state index < -0.39 is 5.41 Å². The monoisotopic (exact) mass is 510 g/mol. The van der Waals surface area contributed by atoms with Crippen LogP contribution < -0.4 is 5.32 Å². The van der Waals surface area contributed by atoms with Crippen LogP contribution >= 0.6 is 11.3 Å². The Bertz CT molecular complexity index is 1510. The van der Waals surface area contributed by atoms with Crippen LogP contribution in [0, 0.1) is 11.2 Å². The highest BCUT2D eigenvalue weighted by molar-refractivity contribution is 7.13. The summed E-state index contributed by atoms with van der Waals surface area (Å²) in [6.45, 7) is 0. The van der Waals surface area contributed by atoms with Gasteiger partial charge in [0.1, 0.15) is 5.82 Å². The Balaban J connectivity index is 1.46. The second kappa shape index (κ2) is 9.90. The van der Waals surface area contributed by atoms with E-state index in [9.17, 15) is 9.18 Å². The van der Waals surface area contributed by atoms with Gasteiger partial charge in [-0.2, -0.15) is 5.10 Å². The maximum atomic E-state index is 14.1. The van der Waals surface area contributed by atoms with Crippen LogP contribution in [-0.4, -0.2) is 20.7 Å². The van der Waals surface area contributed by atoms with E-state index in [1.807, 2.05) is 34.5 Å². The summed E-state index contributed by atoms with van der Waals surface area (Å²) < 4.78 is 15.3. The summed E-state index contributed by atoms with van der Waals surface area (Å²) in [5.41, 5.74) is 3.37. The number of benzene rings is 3. The van der Waals surface area contributed by atoms with Crippen LogP contribution in [0.4, 0.5) is 9.52 Å². The molecule has 1 amide bonds. The molecule has 6 rings (SSSR count). The molecule has 0 aliphatic heterocycles. The maximum absolute atomic E-state index is 14.1. The van der Waals surface area contributed by atoms with Crippen molar-refractivity contribution in [3.8, 4) is 5.69 Å². The molecule has 186 valence electrons. The van der Waals surface area contributed by atoms with Gasteiger partial charge in [0.2, 0.25) is 5.91 Å². The highest BCUT2D eigenvalue weighted by Crippen LogP contribution is 2.51. The fourth-order valence-electron chi connectivity index (χ4n) is 5.83. The maximum Gasteiger partial charge on any atom is 0.233 e. The highest BCUT2D eigenvalue weighted by Gasteiger charge is 2.47. The van der Waals surface area contributed by atoms with Crippen LogP contribution in [0.1, 0.15) is 49.1 Å². The Labute approximate surface area is 219 Å². The molecule has 1 unspecified atom stereocenters. The zero-order valence-electron chi connectivity index (χ0n) is 20.3. The largest absolute Gasteiger partial charge is 0.301 e. The molecule has 0 radical (unpaired) electrons. The van der Waals surface area contributed by atoms with E-state index in [1.54, 1.807) is 18.3 Å². The van der Waals surface area contributed by atoms with Crippen LogP contribution in [0.3, 0.4) is 0 Å². The first-order valence-corrected chi connectivity index (χ1v) is 13.5. The molecule has 0 bridgehead atoms. The number of halogens is 1. The van der Waals surface area contributed by atoms with Gasteiger partial charge in [0, 0.05) is 22.9 Å². The predicted octanol–water partition coefficient (Wildman–Crippen LogP) is 7.34. The van der Waals surface area contributed by atoms with Crippen molar-refractivity contribution >= 4 is 33.3 Å². The van der Waals surface area contributed by atoms with Gasteiger partial charge in [-0.1, -0.05) is 55.7 Å². The molecule has 5 nitrogen and oxygen atoms in total. The Morgan fingerprint density at radius 2 is 1.76 bits per heavy atom. The van der Waals surface area contributed by atoms with Crippen LogP contribution in [0.25, 0.3) is 16.6 Å². The molecular formula is C30H27FN4OS. The fraction of sp³-hybridized carbons (Fsp3) is 0.233. The molecule has 1 aliphatic rings. The lowest BCUT2D eigenvalue weighted by atomic mass is 9.61. The van der Waals surface area contributed by atoms with Gasteiger partial charge in [-0.15, -0.1) is 11.3 Å². The third kappa shape index (κ3) is 4.44. The summed E-state index contributed by atoms with van der Waals surface area (Å²) in [5.74, 6) is -0.354. The number of aromatic nitrogens is 3. The lowest BCUT2D eigenvalue weighted by Gasteiger charge is -2.42. The van der Waals surface area contributed by atoms with Gasteiger partial charge < -0.3 is 5.32 Å². The van der Waals surface area contributed by atoms with Gasteiger partial charge in [0.05, 0.1) is 22.8 Å². The van der Waals surface area contributed by atoms with Crippen molar-refractivity contribution in [3.63, 3.8) is 0 Å². The number of amides is 1. The minimum absolute atomic E-state index is 0.0399. The molecule has 0 saturated heterocycles. The summed E-state index contributed by atoms with van der Waals surface area (Å²) in [4.78, 5) is 18.4. The summed E-state index contributed by atoms with van der Waals surface area (Å²) in [6.07, 6.45) is 8.35. The molecule has 2 aromatic heterocycles. The van der Waals surface area contributed by atoms with E-state index in [0.717, 1.165) is 59.8 Å². The molecule has 1 saturated carbocycles. The first kappa shape index (κ1) is 23.6. The molecule has 3 aromatic carbocycles. The van der Waals surface area contributed by atoms with Crippen LogP contribution in [0.15, 0.2) is 90.6 Å². The number of fused-ring (bicyclic) bond motifs is 1. The third-order valence-corrected chi connectivity index (χ3v) is 8.22. The molecule has 1 atom stereocenters. The quantitative estimate of drug-likeness (QED) is 0.260. The number of hydrogen-bond donors (Lipinski definition) is 1. The smallest absolute Gasteiger partial charge is 0.233 e. The zero-order chi connectivity index (χ0) is 25.2. The average molecular weight is 511 g/mol. The number of rotatable bonds is 6. The Kier molecular flexibility index (Phi) is 6.30. The minimum Gasteiger partial charge on any atom is -0.301 e. The molecule has 0 spiro atoms. The van der Waals surface area contributed by atoms with Crippen LogP contribution in [0.2, 0.25) is 0 Å². The number of carbonyl (C=O) groups excluding carboxylic acids is 1. The molecule has 2 heterocycles. The van der Waals surface area contributed by atoms with E-state index in [-0.39, 0.29) is 17.6 Å². The summed E-state index contributed by atoms with van der Waals surface area (Å²) in [5, 5.41) is 11.2. The lowest BCUT2D eigenvalue weighted by Crippen LogP contribution is -2.43. The molecular weight excluding hydrogens is 483 g/mol. The van der Waals surface area contributed by atoms with E-state index in [4.69, 9.17) is 0 Å². The molecule has 37 heavy (non-hydrogen) atoms. The van der Waals surface area contributed by atoms with Crippen molar-refractivity contribution < 1.29 is 9.18 Å². The SMILES string of the molecule is O=C(Nc1nccs1)C1(C(c2ccccc2)c2ccc3c(cnn3-c3ccc(F)cc3)c2)CCCCC1. The van der Waals surface area contributed by atoms with Crippen molar-refractivity contribution in [2.24, 2.45) is 5.41 Å². The number of hydrogen-bond acceptors (Lipinski definition) is 4. The van der Waals surface area contributed by atoms with E-state index in [2.05, 4.69) is 45.7 Å². The summed E-state index contributed by atoms with van der Waals surface area (Å²) >= 11 is 1.44. The Morgan fingerprint density at radius 1 is 0.973 bits per heavy atom.